The summed E-state index contributed by atoms with van der Waals surface area (Å²) in [5.74, 6) is -7.83. The minimum atomic E-state index is -1.71. The molecule has 0 fully saturated rings. The minimum absolute atomic E-state index is 0.0595. The number of hydrogen-bond donors (Lipinski definition) is 0. The van der Waals surface area contributed by atoms with Crippen LogP contribution in [0, 0.1) is 23.3 Å². The fraction of sp³-hybridized carbons (Fsp3) is 0.0714. The number of hydrogen-bond acceptors (Lipinski definition) is 1. The van der Waals surface area contributed by atoms with Crippen LogP contribution in [0.5, 0.6) is 0 Å². The van der Waals surface area contributed by atoms with Crippen molar-refractivity contribution in [2.75, 3.05) is 11.9 Å². The second kappa shape index (κ2) is 5.32. The topological polar surface area (TPSA) is 20.3 Å². The first-order valence-electron chi connectivity index (χ1n) is 5.59. The molecular weight excluding hydrogens is 274 g/mol. The van der Waals surface area contributed by atoms with Gasteiger partial charge in [-0.2, -0.15) is 0 Å². The molecule has 0 aliphatic rings. The van der Waals surface area contributed by atoms with Gasteiger partial charge in [0.1, 0.15) is 5.56 Å². The molecule has 2 aromatic carbocycles. The molecule has 1 amide bonds. The largest absolute Gasteiger partial charge is 0.311 e. The summed E-state index contributed by atoms with van der Waals surface area (Å²) in [6.07, 6.45) is 0. The van der Waals surface area contributed by atoms with E-state index in [1.54, 1.807) is 18.2 Å². The first kappa shape index (κ1) is 14.0. The number of para-hydroxylation sites is 1. The lowest BCUT2D eigenvalue weighted by Crippen LogP contribution is -2.28. The molecule has 0 aliphatic heterocycles. The predicted octanol–water partition coefficient (Wildman–Crippen LogP) is 3.52. The molecule has 0 radical (unpaired) electrons. The zero-order chi connectivity index (χ0) is 14.9. The first-order valence-corrected chi connectivity index (χ1v) is 5.59. The van der Waals surface area contributed by atoms with Gasteiger partial charge in [-0.1, -0.05) is 18.2 Å². The van der Waals surface area contributed by atoms with E-state index >= 15 is 0 Å². The minimum Gasteiger partial charge on any atom is -0.311 e. The number of carbonyl (C=O) groups is 1. The van der Waals surface area contributed by atoms with E-state index in [2.05, 4.69) is 0 Å². The van der Waals surface area contributed by atoms with Gasteiger partial charge in [0.2, 0.25) is 0 Å². The molecule has 0 atom stereocenters. The maximum Gasteiger partial charge on any atom is 0.264 e. The van der Waals surface area contributed by atoms with E-state index < -0.39 is 34.7 Å². The van der Waals surface area contributed by atoms with Crippen LogP contribution in [0.15, 0.2) is 36.4 Å². The van der Waals surface area contributed by atoms with Crippen molar-refractivity contribution in [3.63, 3.8) is 0 Å². The smallest absolute Gasteiger partial charge is 0.264 e. The van der Waals surface area contributed by atoms with Crippen molar-refractivity contribution in [2.24, 2.45) is 0 Å². The van der Waals surface area contributed by atoms with Gasteiger partial charge in [-0.3, -0.25) is 4.79 Å². The zero-order valence-electron chi connectivity index (χ0n) is 10.3. The molecule has 0 heterocycles. The van der Waals surface area contributed by atoms with Gasteiger partial charge in [-0.25, -0.2) is 17.6 Å². The monoisotopic (exact) mass is 283 g/mol. The summed E-state index contributed by atoms with van der Waals surface area (Å²) in [6, 6.07) is 8.00. The lowest BCUT2D eigenvalue weighted by atomic mass is 10.1. The molecule has 2 nitrogen and oxygen atoms in total. The molecule has 6 heteroatoms. The van der Waals surface area contributed by atoms with Crippen molar-refractivity contribution < 1.29 is 22.4 Å². The lowest BCUT2D eigenvalue weighted by molar-refractivity contribution is 0.0982. The summed E-state index contributed by atoms with van der Waals surface area (Å²) in [4.78, 5) is 12.9. The van der Waals surface area contributed by atoms with E-state index in [9.17, 15) is 22.4 Å². The molecule has 0 aromatic heterocycles. The summed E-state index contributed by atoms with van der Waals surface area (Å²) in [5, 5.41) is 0. The Kier molecular flexibility index (Phi) is 3.74. The van der Waals surface area contributed by atoms with Crippen molar-refractivity contribution >= 4 is 11.6 Å². The van der Waals surface area contributed by atoms with Gasteiger partial charge >= 0.3 is 0 Å². The van der Waals surface area contributed by atoms with Gasteiger partial charge in [0.05, 0.1) is 0 Å². The Labute approximate surface area is 112 Å². The van der Waals surface area contributed by atoms with Crippen LogP contribution in [0.2, 0.25) is 0 Å². The standard InChI is InChI=1S/C14H9F4NO/c1-19(8-5-3-2-4-6-8)14(20)11-12(17)9(15)7-10(16)13(11)18/h2-7H,1H3. The quantitative estimate of drug-likeness (QED) is 0.610. The maximum absolute atomic E-state index is 13.5. The molecule has 20 heavy (non-hydrogen) atoms. The Morgan fingerprint density at radius 1 is 0.950 bits per heavy atom. The van der Waals surface area contributed by atoms with Gasteiger partial charge in [0.25, 0.3) is 5.91 Å². The Hall–Kier alpha value is -2.37. The molecule has 0 bridgehead atoms. The second-order valence-electron chi connectivity index (χ2n) is 4.04. The molecule has 104 valence electrons. The molecule has 0 spiro atoms. The highest BCUT2D eigenvalue weighted by atomic mass is 19.2. The number of anilines is 1. The SMILES string of the molecule is CN(C(=O)c1c(F)c(F)cc(F)c1F)c1ccccc1. The fourth-order valence-electron chi connectivity index (χ4n) is 1.70. The number of benzene rings is 2. The Morgan fingerprint density at radius 2 is 1.45 bits per heavy atom. The van der Waals surface area contributed by atoms with Crippen molar-refractivity contribution in [1.82, 2.24) is 0 Å². The third-order valence-electron chi connectivity index (χ3n) is 2.77. The van der Waals surface area contributed by atoms with E-state index in [4.69, 9.17) is 0 Å². The molecule has 0 aliphatic carbocycles. The third kappa shape index (κ3) is 2.36. The van der Waals surface area contributed by atoms with Crippen LogP contribution in [0.1, 0.15) is 10.4 Å². The molecule has 0 saturated carbocycles. The summed E-state index contributed by atoms with van der Waals surface area (Å²) in [5.41, 5.74) is -0.921. The van der Waals surface area contributed by atoms with E-state index in [-0.39, 0.29) is 6.07 Å². The van der Waals surface area contributed by atoms with Crippen LogP contribution in [-0.4, -0.2) is 13.0 Å². The Balaban J connectivity index is 2.49. The first-order chi connectivity index (χ1) is 9.43. The van der Waals surface area contributed by atoms with Gasteiger partial charge < -0.3 is 4.90 Å². The predicted molar refractivity (Wildman–Crippen MR) is 65.4 cm³/mol. The Bertz CT molecular complexity index is 632. The number of carbonyl (C=O) groups excluding carboxylic acids is 1. The van der Waals surface area contributed by atoms with Crippen LogP contribution >= 0.6 is 0 Å². The summed E-state index contributed by atoms with van der Waals surface area (Å²) in [7, 11) is 1.25. The normalized spacial score (nSPS) is 10.4. The van der Waals surface area contributed by atoms with Gasteiger partial charge in [0.15, 0.2) is 23.3 Å². The van der Waals surface area contributed by atoms with Gasteiger partial charge in [-0.05, 0) is 12.1 Å². The van der Waals surface area contributed by atoms with Crippen molar-refractivity contribution in [3.05, 3.63) is 65.2 Å². The van der Waals surface area contributed by atoms with Gasteiger partial charge in [-0.15, -0.1) is 0 Å². The molecule has 0 saturated heterocycles. The highest BCUT2D eigenvalue weighted by Gasteiger charge is 2.27. The maximum atomic E-state index is 13.5. The van der Waals surface area contributed by atoms with Crippen LogP contribution in [0.4, 0.5) is 23.2 Å². The van der Waals surface area contributed by atoms with E-state index in [1.165, 1.54) is 19.2 Å². The average molecular weight is 283 g/mol. The highest BCUT2D eigenvalue weighted by molar-refractivity contribution is 6.06. The number of rotatable bonds is 2. The van der Waals surface area contributed by atoms with Gasteiger partial charge in [0, 0.05) is 18.8 Å². The summed E-state index contributed by atoms with van der Waals surface area (Å²) < 4.78 is 53.3. The van der Waals surface area contributed by atoms with Crippen molar-refractivity contribution in [1.29, 1.82) is 0 Å². The molecule has 2 aromatic rings. The fourth-order valence-corrected chi connectivity index (χ4v) is 1.70. The number of amides is 1. The van der Waals surface area contributed by atoms with Crippen LogP contribution in [0.25, 0.3) is 0 Å². The van der Waals surface area contributed by atoms with Crippen molar-refractivity contribution in [2.45, 2.75) is 0 Å². The zero-order valence-corrected chi connectivity index (χ0v) is 10.3. The van der Waals surface area contributed by atoms with E-state index in [0.29, 0.717) is 5.69 Å². The van der Waals surface area contributed by atoms with Crippen LogP contribution in [-0.2, 0) is 0 Å². The molecular formula is C14H9F4NO. The second-order valence-corrected chi connectivity index (χ2v) is 4.04. The highest BCUT2D eigenvalue weighted by Crippen LogP contribution is 2.22. The van der Waals surface area contributed by atoms with E-state index in [1.807, 2.05) is 0 Å². The lowest BCUT2D eigenvalue weighted by Gasteiger charge is -2.18. The van der Waals surface area contributed by atoms with Crippen LogP contribution < -0.4 is 4.90 Å². The molecule has 2 rings (SSSR count). The molecule has 0 N–H and O–H groups in total. The number of halogens is 4. The summed E-state index contributed by atoms with van der Waals surface area (Å²) >= 11 is 0. The average Bonchev–Trinajstić information content (AvgIpc) is 2.45. The molecule has 0 unspecified atom stereocenters. The third-order valence-corrected chi connectivity index (χ3v) is 2.77. The summed E-state index contributed by atoms with van der Waals surface area (Å²) in [6.45, 7) is 0. The van der Waals surface area contributed by atoms with E-state index in [0.717, 1.165) is 4.90 Å². The van der Waals surface area contributed by atoms with Crippen LogP contribution in [0.3, 0.4) is 0 Å². The Morgan fingerprint density at radius 3 is 1.95 bits per heavy atom. The van der Waals surface area contributed by atoms with Crippen molar-refractivity contribution in [3.8, 4) is 0 Å². The number of nitrogens with zero attached hydrogens (tertiary/aromatic N) is 1.